The number of pyridine rings is 1. The Labute approximate surface area is 142 Å². The first-order valence-electron chi connectivity index (χ1n) is 7.66. The Bertz CT molecular complexity index is 634. The third kappa shape index (κ3) is 4.73. The minimum absolute atomic E-state index is 0.127. The Morgan fingerprint density at radius 2 is 2.00 bits per heavy atom. The molecule has 9 heteroatoms. The third-order valence-corrected chi connectivity index (χ3v) is 5.26. The fourth-order valence-corrected chi connectivity index (χ4v) is 3.69. The summed E-state index contributed by atoms with van der Waals surface area (Å²) < 4.78 is 17.9. The molecule has 1 aromatic heterocycles. The maximum Gasteiger partial charge on any atom is 0.410 e. The highest BCUT2D eigenvalue weighted by molar-refractivity contribution is 7.85. The highest BCUT2D eigenvalue weighted by atomic mass is 32.2. The molecule has 1 aromatic rings. The Morgan fingerprint density at radius 1 is 1.38 bits per heavy atom. The zero-order chi connectivity index (χ0) is 17.9. The number of aromatic nitrogens is 1. The van der Waals surface area contributed by atoms with Gasteiger partial charge in [0.1, 0.15) is 16.8 Å². The lowest BCUT2D eigenvalue weighted by Crippen LogP contribution is -2.43. The first-order valence-corrected chi connectivity index (χ1v) is 8.87. The fourth-order valence-electron chi connectivity index (χ4n) is 2.35. The summed E-state index contributed by atoms with van der Waals surface area (Å²) in [5, 5.41) is 10.8. The van der Waals surface area contributed by atoms with E-state index in [4.69, 9.17) is 4.74 Å². The van der Waals surface area contributed by atoms with Crippen molar-refractivity contribution >= 4 is 22.6 Å². The minimum atomic E-state index is -1.35. The van der Waals surface area contributed by atoms with Crippen molar-refractivity contribution in [3.05, 3.63) is 28.4 Å². The molecule has 0 aromatic carbocycles. The average molecular weight is 355 g/mol. The van der Waals surface area contributed by atoms with Crippen LogP contribution in [0.2, 0.25) is 0 Å². The number of carbonyl (C=O) groups excluding carboxylic acids is 1. The summed E-state index contributed by atoms with van der Waals surface area (Å²) in [5.74, 6) is 0. The lowest BCUT2D eigenvalue weighted by molar-refractivity contribution is -0.385. The van der Waals surface area contributed by atoms with Crippen LogP contribution in [-0.4, -0.2) is 49.0 Å². The third-order valence-electron chi connectivity index (χ3n) is 3.53. The predicted molar refractivity (Wildman–Crippen MR) is 88.1 cm³/mol. The van der Waals surface area contributed by atoms with Crippen molar-refractivity contribution in [2.45, 2.75) is 49.5 Å². The zero-order valence-electron chi connectivity index (χ0n) is 13.9. The monoisotopic (exact) mass is 355 g/mol. The van der Waals surface area contributed by atoms with Crippen LogP contribution in [0.1, 0.15) is 33.6 Å². The van der Waals surface area contributed by atoms with Gasteiger partial charge in [0, 0.05) is 24.4 Å². The van der Waals surface area contributed by atoms with E-state index in [-0.39, 0.29) is 17.0 Å². The molecule has 1 aliphatic rings. The lowest BCUT2D eigenvalue weighted by Gasteiger charge is -2.32. The molecule has 0 saturated carbocycles. The van der Waals surface area contributed by atoms with Crippen molar-refractivity contribution < 1.29 is 18.7 Å². The summed E-state index contributed by atoms with van der Waals surface area (Å²) >= 11 is 0. The van der Waals surface area contributed by atoms with Gasteiger partial charge in [-0.2, -0.15) is 0 Å². The molecule has 1 fully saturated rings. The van der Waals surface area contributed by atoms with Crippen LogP contribution >= 0.6 is 0 Å². The Morgan fingerprint density at radius 3 is 2.46 bits per heavy atom. The normalized spacial score (nSPS) is 17.4. The summed E-state index contributed by atoms with van der Waals surface area (Å²) in [5.41, 5.74) is -0.671. The molecular weight excluding hydrogens is 334 g/mol. The summed E-state index contributed by atoms with van der Waals surface area (Å²) in [6.45, 7) is 6.38. The second kappa shape index (κ2) is 7.25. The van der Waals surface area contributed by atoms with Gasteiger partial charge in [0.2, 0.25) is 0 Å². The number of ether oxygens (including phenoxy) is 1. The minimum Gasteiger partial charge on any atom is -0.444 e. The van der Waals surface area contributed by atoms with Crippen molar-refractivity contribution in [3.8, 4) is 0 Å². The van der Waals surface area contributed by atoms with Gasteiger partial charge in [-0.1, -0.05) is 0 Å². The molecule has 1 atom stereocenters. The molecule has 0 aliphatic carbocycles. The molecule has 2 heterocycles. The largest absolute Gasteiger partial charge is 0.444 e. The molecule has 0 unspecified atom stereocenters. The molecular formula is C15H21N3O5S. The van der Waals surface area contributed by atoms with Crippen LogP contribution in [0.25, 0.3) is 0 Å². The second-order valence-corrected chi connectivity index (χ2v) is 8.26. The summed E-state index contributed by atoms with van der Waals surface area (Å²) in [6.07, 6.45) is 1.90. The van der Waals surface area contributed by atoms with Gasteiger partial charge >= 0.3 is 6.09 Å². The number of nitro groups is 1. The molecule has 0 N–H and O–H groups in total. The van der Waals surface area contributed by atoms with E-state index in [1.54, 1.807) is 4.90 Å². The van der Waals surface area contributed by atoms with E-state index in [0.29, 0.717) is 31.0 Å². The van der Waals surface area contributed by atoms with E-state index in [9.17, 15) is 19.1 Å². The van der Waals surface area contributed by atoms with Crippen LogP contribution in [0.4, 0.5) is 10.5 Å². The van der Waals surface area contributed by atoms with Gasteiger partial charge in [-0.3, -0.25) is 14.3 Å². The zero-order valence-corrected chi connectivity index (χ0v) is 14.7. The average Bonchev–Trinajstić information content (AvgIpc) is 2.53. The van der Waals surface area contributed by atoms with E-state index >= 15 is 0 Å². The topological polar surface area (TPSA) is 103 Å². The van der Waals surface area contributed by atoms with Gasteiger partial charge in [-0.05, 0) is 39.7 Å². The van der Waals surface area contributed by atoms with Crippen molar-refractivity contribution in [1.82, 2.24) is 9.88 Å². The first-order chi connectivity index (χ1) is 11.2. The maximum absolute atomic E-state index is 12.5. The molecule has 1 aliphatic heterocycles. The van der Waals surface area contributed by atoms with Gasteiger partial charge < -0.3 is 9.64 Å². The quantitative estimate of drug-likeness (QED) is 0.609. The molecule has 8 nitrogen and oxygen atoms in total. The Balaban J connectivity index is 1.93. The standard InChI is InChI=1S/C15H21N3O5S/c1-15(2,3)23-14(19)17-8-6-12(7-9-17)24(22)13-5-4-11(10-16-13)18(20)21/h4-5,10,12H,6-9H2,1-3H3/t24-/m1/s1. The van der Waals surface area contributed by atoms with Crippen LogP contribution in [0, 0.1) is 10.1 Å². The number of nitrogens with zero attached hydrogens (tertiary/aromatic N) is 3. The fraction of sp³-hybridized carbons (Fsp3) is 0.600. The smallest absolute Gasteiger partial charge is 0.410 e. The van der Waals surface area contributed by atoms with E-state index in [1.807, 2.05) is 20.8 Å². The number of amides is 1. The van der Waals surface area contributed by atoms with Gasteiger partial charge in [-0.15, -0.1) is 0 Å². The number of hydrogen-bond donors (Lipinski definition) is 0. The predicted octanol–water partition coefficient (Wildman–Crippen LogP) is 2.50. The van der Waals surface area contributed by atoms with Crippen LogP contribution in [0.3, 0.4) is 0 Å². The second-order valence-electron chi connectivity index (χ2n) is 6.58. The van der Waals surface area contributed by atoms with Crippen LogP contribution in [-0.2, 0) is 15.5 Å². The lowest BCUT2D eigenvalue weighted by atomic mass is 10.1. The molecule has 0 bridgehead atoms. The molecule has 1 saturated heterocycles. The molecule has 1 amide bonds. The summed E-state index contributed by atoms with van der Waals surface area (Å²) in [4.78, 5) is 27.6. The van der Waals surface area contributed by atoms with Crippen molar-refractivity contribution in [3.63, 3.8) is 0 Å². The number of rotatable bonds is 3. The van der Waals surface area contributed by atoms with Crippen LogP contribution in [0.5, 0.6) is 0 Å². The number of likely N-dealkylation sites (tertiary alicyclic amines) is 1. The number of hydrogen-bond acceptors (Lipinski definition) is 6. The Hall–Kier alpha value is -2.03. The van der Waals surface area contributed by atoms with Gasteiger partial charge in [0.05, 0.1) is 15.7 Å². The van der Waals surface area contributed by atoms with Crippen molar-refractivity contribution in [1.29, 1.82) is 0 Å². The maximum atomic E-state index is 12.5. The molecule has 0 spiro atoms. The summed E-state index contributed by atoms with van der Waals surface area (Å²) in [6, 6.07) is 2.73. The van der Waals surface area contributed by atoms with E-state index in [1.165, 1.54) is 12.1 Å². The van der Waals surface area contributed by atoms with E-state index < -0.39 is 21.3 Å². The van der Waals surface area contributed by atoms with Crippen molar-refractivity contribution in [2.24, 2.45) is 0 Å². The van der Waals surface area contributed by atoms with Crippen LogP contribution in [0.15, 0.2) is 23.4 Å². The molecule has 132 valence electrons. The summed E-state index contributed by atoms with van der Waals surface area (Å²) in [7, 11) is -1.35. The first kappa shape index (κ1) is 18.3. The van der Waals surface area contributed by atoms with Crippen molar-refractivity contribution in [2.75, 3.05) is 13.1 Å². The number of carbonyl (C=O) groups is 1. The van der Waals surface area contributed by atoms with Crippen LogP contribution < -0.4 is 0 Å². The molecule has 0 radical (unpaired) electrons. The Kier molecular flexibility index (Phi) is 5.53. The molecule has 2 rings (SSSR count). The van der Waals surface area contributed by atoms with Gasteiger partial charge in [0.25, 0.3) is 5.69 Å². The van der Waals surface area contributed by atoms with Gasteiger partial charge in [-0.25, -0.2) is 9.78 Å². The van der Waals surface area contributed by atoms with Gasteiger partial charge in [0.15, 0.2) is 0 Å². The highest BCUT2D eigenvalue weighted by Gasteiger charge is 2.30. The van der Waals surface area contributed by atoms with E-state index in [0.717, 1.165) is 6.20 Å². The van der Waals surface area contributed by atoms with E-state index in [2.05, 4.69) is 4.98 Å². The molecule has 24 heavy (non-hydrogen) atoms. The SMILES string of the molecule is CC(C)(C)OC(=O)N1CCC([S@@](=O)c2ccc([N+](=O)[O-])cn2)CC1. The number of piperidine rings is 1. The highest BCUT2D eigenvalue weighted by Crippen LogP contribution is 2.22.